The minimum absolute atomic E-state index is 0.0868. The minimum atomic E-state index is -0.269. The fourth-order valence-electron chi connectivity index (χ4n) is 1.65. The molecule has 1 N–H and O–H groups in total. The van der Waals surface area contributed by atoms with Gasteiger partial charge in [0.25, 0.3) is 0 Å². The third kappa shape index (κ3) is 3.31. The highest BCUT2D eigenvalue weighted by Gasteiger charge is 2.15. The lowest BCUT2D eigenvalue weighted by atomic mass is 10.00. The first-order valence-corrected chi connectivity index (χ1v) is 5.89. The Bertz CT molecular complexity index is 540. The van der Waals surface area contributed by atoms with Crippen molar-refractivity contribution >= 4 is 5.91 Å². The van der Waals surface area contributed by atoms with Gasteiger partial charge in [-0.05, 0) is 24.6 Å². The molecule has 2 aromatic rings. The second kappa shape index (κ2) is 5.99. The van der Waals surface area contributed by atoms with Crippen molar-refractivity contribution in [2.45, 2.75) is 19.4 Å². The van der Waals surface area contributed by atoms with Crippen molar-refractivity contribution in [1.29, 1.82) is 0 Å². The molecule has 100 valence electrons. The van der Waals surface area contributed by atoms with Crippen LogP contribution in [0.3, 0.4) is 0 Å². The lowest BCUT2D eigenvalue weighted by molar-refractivity contribution is -0.122. The molecular formula is C13H15N3O3. The van der Waals surface area contributed by atoms with E-state index >= 15 is 0 Å². The Kier molecular flexibility index (Phi) is 4.12. The zero-order valence-corrected chi connectivity index (χ0v) is 10.8. The molecule has 0 radical (unpaired) electrons. The summed E-state index contributed by atoms with van der Waals surface area (Å²) >= 11 is 0. The Balaban J connectivity index is 1.97. The molecule has 19 heavy (non-hydrogen) atoms. The molecule has 1 atom stereocenters. The van der Waals surface area contributed by atoms with Crippen LogP contribution in [0.15, 0.2) is 35.1 Å². The number of nitrogens with zero attached hydrogens (tertiary/aromatic N) is 2. The van der Waals surface area contributed by atoms with Crippen molar-refractivity contribution < 1.29 is 14.2 Å². The van der Waals surface area contributed by atoms with Crippen molar-refractivity contribution in [3.8, 4) is 5.75 Å². The van der Waals surface area contributed by atoms with Crippen LogP contribution < -0.4 is 10.1 Å². The number of methoxy groups -OCH3 is 1. The van der Waals surface area contributed by atoms with Gasteiger partial charge in [0, 0.05) is 0 Å². The van der Waals surface area contributed by atoms with Gasteiger partial charge >= 0.3 is 0 Å². The van der Waals surface area contributed by atoms with Gasteiger partial charge in [-0.3, -0.25) is 4.79 Å². The largest absolute Gasteiger partial charge is 0.497 e. The van der Waals surface area contributed by atoms with Gasteiger partial charge in [-0.25, -0.2) is 4.63 Å². The van der Waals surface area contributed by atoms with Crippen molar-refractivity contribution in [3.63, 3.8) is 0 Å². The van der Waals surface area contributed by atoms with E-state index in [4.69, 9.17) is 4.74 Å². The van der Waals surface area contributed by atoms with Crippen molar-refractivity contribution in [2.24, 2.45) is 0 Å². The van der Waals surface area contributed by atoms with E-state index in [1.54, 1.807) is 7.11 Å². The van der Waals surface area contributed by atoms with Gasteiger partial charge in [-0.15, -0.1) is 0 Å². The van der Waals surface area contributed by atoms with E-state index in [1.807, 2.05) is 31.2 Å². The molecule has 0 spiro atoms. The number of carbonyl (C=O) groups is 1. The summed E-state index contributed by atoms with van der Waals surface area (Å²) in [4.78, 5) is 12.0. The molecule has 6 heteroatoms. The van der Waals surface area contributed by atoms with Crippen molar-refractivity contribution in [3.05, 3.63) is 41.7 Å². The van der Waals surface area contributed by atoms with Crippen LogP contribution in [0.2, 0.25) is 0 Å². The van der Waals surface area contributed by atoms with Gasteiger partial charge in [0.1, 0.15) is 11.4 Å². The second-order valence-electron chi connectivity index (χ2n) is 4.11. The molecule has 2 rings (SSSR count). The molecule has 1 aromatic carbocycles. The molecule has 0 aliphatic carbocycles. The van der Waals surface area contributed by atoms with Crippen molar-refractivity contribution in [2.75, 3.05) is 7.11 Å². The van der Waals surface area contributed by atoms with Gasteiger partial charge in [-0.2, -0.15) is 0 Å². The third-order valence-electron chi connectivity index (χ3n) is 2.84. The molecule has 0 aliphatic heterocycles. The van der Waals surface area contributed by atoms with E-state index in [9.17, 15) is 4.79 Å². The zero-order chi connectivity index (χ0) is 13.7. The highest BCUT2D eigenvalue weighted by Crippen LogP contribution is 2.20. The molecule has 1 heterocycles. The van der Waals surface area contributed by atoms with E-state index in [2.05, 4.69) is 20.3 Å². The van der Waals surface area contributed by atoms with Crippen LogP contribution in [-0.4, -0.2) is 23.3 Å². The summed E-state index contributed by atoms with van der Waals surface area (Å²) in [6.45, 7) is 2.14. The molecular weight excluding hydrogens is 246 g/mol. The number of hydrogen-bond donors (Lipinski definition) is 1. The highest BCUT2D eigenvalue weighted by molar-refractivity contribution is 5.83. The van der Waals surface area contributed by atoms with E-state index in [0.29, 0.717) is 12.2 Å². The molecule has 1 aromatic heterocycles. The predicted octanol–water partition coefficient (Wildman–Crippen LogP) is 1.50. The fraction of sp³-hybridized carbons (Fsp3) is 0.308. The Morgan fingerprint density at radius 1 is 1.53 bits per heavy atom. The normalized spacial score (nSPS) is 11.9. The van der Waals surface area contributed by atoms with Crippen LogP contribution in [-0.2, 0) is 11.3 Å². The average Bonchev–Trinajstić information content (AvgIpc) is 2.97. The quantitative estimate of drug-likeness (QED) is 0.882. The maximum Gasteiger partial charge on any atom is 0.227 e. The summed E-state index contributed by atoms with van der Waals surface area (Å²) in [7, 11) is 1.60. The minimum Gasteiger partial charge on any atom is -0.497 e. The molecule has 0 fully saturated rings. The summed E-state index contributed by atoms with van der Waals surface area (Å²) in [6.07, 6.45) is 1.47. The number of aromatic nitrogens is 2. The SMILES string of the molecule is COc1cccc(C(C)C(=O)NCc2cnon2)c1. The number of hydrogen-bond acceptors (Lipinski definition) is 5. The number of nitrogens with one attached hydrogen (secondary N) is 1. The summed E-state index contributed by atoms with van der Waals surface area (Å²) in [5, 5.41) is 9.88. The number of benzene rings is 1. The van der Waals surface area contributed by atoms with Crippen LogP contribution in [0.1, 0.15) is 24.1 Å². The molecule has 0 saturated carbocycles. The summed E-state index contributed by atoms with van der Waals surface area (Å²) in [5.74, 6) is 0.379. The number of ether oxygens (including phenoxy) is 1. The lowest BCUT2D eigenvalue weighted by Crippen LogP contribution is -2.27. The molecule has 1 unspecified atom stereocenters. The Morgan fingerprint density at radius 2 is 2.37 bits per heavy atom. The molecule has 6 nitrogen and oxygen atoms in total. The first-order valence-electron chi connectivity index (χ1n) is 5.89. The highest BCUT2D eigenvalue weighted by atomic mass is 16.6. The van der Waals surface area contributed by atoms with E-state index in [1.165, 1.54) is 6.20 Å². The van der Waals surface area contributed by atoms with Gasteiger partial charge in [-0.1, -0.05) is 22.4 Å². The van der Waals surface area contributed by atoms with Crippen LogP contribution in [0.25, 0.3) is 0 Å². The first kappa shape index (κ1) is 13.1. The van der Waals surface area contributed by atoms with Crippen LogP contribution in [0.5, 0.6) is 5.75 Å². The zero-order valence-electron chi connectivity index (χ0n) is 10.8. The maximum atomic E-state index is 12.0. The van der Waals surface area contributed by atoms with Crippen molar-refractivity contribution in [1.82, 2.24) is 15.6 Å². The molecule has 0 saturated heterocycles. The standard InChI is InChI=1S/C13H15N3O3/c1-9(10-4-3-5-12(6-10)18-2)13(17)14-7-11-8-15-19-16-11/h3-6,8-9H,7H2,1-2H3,(H,14,17). The summed E-state index contributed by atoms with van der Waals surface area (Å²) in [6, 6.07) is 7.45. The Labute approximate surface area is 110 Å². The predicted molar refractivity (Wildman–Crippen MR) is 67.6 cm³/mol. The van der Waals surface area contributed by atoms with Gasteiger partial charge in [0.15, 0.2) is 0 Å². The van der Waals surface area contributed by atoms with Crippen LogP contribution >= 0.6 is 0 Å². The summed E-state index contributed by atoms with van der Waals surface area (Å²) < 4.78 is 9.60. The Hall–Kier alpha value is -2.37. The van der Waals surface area contributed by atoms with Gasteiger partial charge < -0.3 is 10.1 Å². The number of amides is 1. The number of carbonyl (C=O) groups excluding carboxylic acids is 1. The Morgan fingerprint density at radius 3 is 3.05 bits per heavy atom. The number of rotatable bonds is 5. The first-order chi connectivity index (χ1) is 9.20. The smallest absolute Gasteiger partial charge is 0.227 e. The van der Waals surface area contributed by atoms with E-state index in [0.717, 1.165) is 11.3 Å². The third-order valence-corrected chi connectivity index (χ3v) is 2.84. The fourth-order valence-corrected chi connectivity index (χ4v) is 1.65. The van der Waals surface area contributed by atoms with Crippen LogP contribution in [0.4, 0.5) is 0 Å². The lowest BCUT2D eigenvalue weighted by Gasteiger charge is -2.12. The molecule has 0 aliphatic rings. The van der Waals surface area contributed by atoms with E-state index < -0.39 is 0 Å². The van der Waals surface area contributed by atoms with E-state index in [-0.39, 0.29) is 11.8 Å². The van der Waals surface area contributed by atoms with Crippen LogP contribution in [0, 0.1) is 0 Å². The summed E-state index contributed by atoms with van der Waals surface area (Å²) in [5.41, 5.74) is 1.49. The average molecular weight is 261 g/mol. The monoisotopic (exact) mass is 261 g/mol. The molecule has 0 bridgehead atoms. The van der Waals surface area contributed by atoms with Gasteiger partial charge in [0.2, 0.25) is 5.91 Å². The van der Waals surface area contributed by atoms with Gasteiger partial charge in [0.05, 0.1) is 25.8 Å². The molecule has 1 amide bonds. The second-order valence-corrected chi connectivity index (χ2v) is 4.11. The maximum absolute atomic E-state index is 12.0. The topological polar surface area (TPSA) is 77.2 Å².